The van der Waals surface area contributed by atoms with Crippen molar-refractivity contribution in [3.8, 4) is 0 Å². The van der Waals surface area contributed by atoms with Crippen molar-refractivity contribution in [3.05, 3.63) is 64.7 Å². The maximum Gasteiger partial charge on any atom is 0.224 e. The van der Waals surface area contributed by atoms with Crippen LogP contribution in [0.25, 0.3) is 0 Å². The molecule has 2 aromatic carbocycles. The van der Waals surface area contributed by atoms with Gasteiger partial charge in [-0.05, 0) is 42.0 Å². The van der Waals surface area contributed by atoms with Crippen LogP contribution in [0.1, 0.15) is 33.5 Å². The number of nitrogens with one attached hydrogen (secondary N) is 1. The Hall–Kier alpha value is -2.42. The summed E-state index contributed by atoms with van der Waals surface area (Å²) in [6, 6.07) is 14.1. The molecular weight excluding hydrogens is 274 g/mol. The summed E-state index contributed by atoms with van der Waals surface area (Å²) in [7, 11) is 0. The van der Waals surface area contributed by atoms with Gasteiger partial charge in [0.2, 0.25) is 5.91 Å². The highest BCUT2D eigenvalue weighted by molar-refractivity contribution is 6.06. The quantitative estimate of drug-likeness (QED) is 0.923. The van der Waals surface area contributed by atoms with Crippen LogP contribution >= 0.6 is 0 Å². The zero-order valence-electron chi connectivity index (χ0n) is 12.3. The summed E-state index contributed by atoms with van der Waals surface area (Å²) in [5.74, 6) is 0.312. The molecule has 1 amide bonds. The minimum Gasteiger partial charge on any atom is -0.326 e. The number of carbonyl (C=O) groups excluding carboxylic acids is 2. The molecule has 1 N–H and O–H groups in total. The lowest BCUT2D eigenvalue weighted by molar-refractivity contribution is -0.116. The number of benzene rings is 2. The molecule has 0 saturated carbocycles. The fourth-order valence-electron chi connectivity index (χ4n) is 3.63. The average Bonchev–Trinajstić information content (AvgIpc) is 2.85. The molecule has 1 atom stereocenters. The third-order valence-electron chi connectivity index (χ3n) is 4.68. The zero-order valence-corrected chi connectivity index (χ0v) is 12.3. The highest BCUT2D eigenvalue weighted by Gasteiger charge is 2.34. The van der Waals surface area contributed by atoms with Gasteiger partial charge in [0.15, 0.2) is 5.78 Å². The monoisotopic (exact) mass is 291 g/mol. The molecular formula is C19H17NO2. The third-order valence-corrected chi connectivity index (χ3v) is 4.68. The molecule has 4 rings (SSSR count). The second-order valence-electron chi connectivity index (χ2n) is 6.13. The van der Waals surface area contributed by atoms with Gasteiger partial charge in [-0.1, -0.05) is 36.4 Å². The summed E-state index contributed by atoms with van der Waals surface area (Å²) in [5, 5.41) is 2.88. The lowest BCUT2D eigenvalue weighted by Crippen LogP contribution is -2.21. The van der Waals surface area contributed by atoms with E-state index in [1.54, 1.807) is 0 Å². The number of anilines is 1. The van der Waals surface area contributed by atoms with Gasteiger partial charge in [0.25, 0.3) is 0 Å². The summed E-state index contributed by atoms with van der Waals surface area (Å²) in [4.78, 5) is 24.4. The Morgan fingerprint density at radius 3 is 2.64 bits per heavy atom. The van der Waals surface area contributed by atoms with Gasteiger partial charge in [0.1, 0.15) is 0 Å². The summed E-state index contributed by atoms with van der Waals surface area (Å²) in [6.07, 6.45) is 2.74. The molecule has 1 aliphatic carbocycles. The van der Waals surface area contributed by atoms with Gasteiger partial charge in [-0.25, -0.2) is 0 Å². The van der Waals surface area contributed by atoms with Gasteiger partial charge < -0.3 is 5.32 Å². The lowest BCUT2D eigenvalue weighted by atomic mass is 9.92. The van der Waals surface area contributed by atoms with Crippen molar-refractivity contribution in [2.45, 2.75) is 25.7 Å². The Labute approximate surface area is 129 Å². The van der Waals surface area contributed by atoms with Crippen LogP contribution in [0.15, 0.2) is 42.5 Å². The maximum absolute atomic E-state index is 12.8. The molecule has 3 heteroatoms. The molecule has 110 valence electrons. The Kier molecular flexibility index (Phi) is 3.07. The van der Waals surface area contributed by atoms with Crippen LogP contribution < -0.4 is 5.32 Å². The van der Waals surface area contributed by atoms with E-state index in [1.807, 2.05) is 30.3 Å². The molecule has 0 bridgehead atoms. The van der Waals surface area contributed by atoms with Crippen LogP contribution in [-0.4, -0.2) is 11.7 Å². The predicted molar refractivity (Wildman–Crippen MR) is 85.1 cm³/mol. The number of hydrogen-bond donors (Lipinski definition) is 1. The van der Waals surface area contributed by atoms with Crippen molar-refractivity contribution in [2.75, 3.05) is 5.32 Å². The van der Waals surface area contributed by atoms with E-state index >= 15 is 0 Å². The van der Waals surface area contributed by atoms with E-state index in [-0.39, 0.29) is 17.6 Å². The number of carbonyl (C=O) groups is 2. The second-order valence-corrected chi connectivity index (χ2v) is 6.13. The van der Waals surface area contributed by atoms with E-state index in [0.717, 1.165) is 35.2 Å². The highest BCUT2D eigenvalue weighted by atomic mass is 16.1. The van der Waals surface area contributed by atoms with E-state index in [4.69, 9.17) is 0 Å². The van der Waals surface area contributed by atoms with Gasteiger partial charge in [-0.2, -0.15) is 0 Å². The molecule has 0 saturated heterocycles. The standard InChI is InChI=1S/C19H17NO2/c21-17-9-7-15-16(20-17)8-6-13-11-14(19(22)18(13)15)10-12-4-2-1-3-5-12/h1-6,8,14H,7,9-11H2,(H,20,21). The molecule has 0 radical (unpaired) electrons. The van der Waals surface area contributed by atoms with Crippen molar-refractivity contribution < 1.29 is 9.59 Å². The molecule has 2 aromatic rings. The van der Waals surface area contributed by atoms with Gasteiger partial charge in [-0.3, -0.25) is 9.59 Å². The SMILES string of the molecule is O=C1CCc2c(ccc3c2C(=O)C(Cc2ccccc2)C3)N1. The highest BCUT2D eigenvalue weighted by Crippen LogP contribution is 2.37. The van der Waals surface area contributed by atoms with Crippen molar-refractivity contribution in [2.24, 2.45) is 5.92 Å². The minimum absolute atomic E-state index is 0.0292. The molecule has 0 aromatic heterocycles. The van der Waals surface area contributed by atoms with E-state index in [0.29, 0.717) is 12.8 Å². The predicted octanol–water partition coefficient (Wildman–Crippen LogP) is 3.17. The molecule has 0 spiro atoms. The first-order chi connectivity index (χ1) is 10.7. The van der Waals surface area contributed by atoms with Crippen molar-refractivity contribution in [1.29, 1.82) is 0 Å². The largest absolute Gasteiger partial charge is 0.326 e. The summed E-state index contributed by atoms with van der Waals surface area (Å²) >= 11 is 0. The Morgan fingerprint density at radius 2 is 1.82 bits per heavy atom. The zero-order chi connectivity index (χ0) is 15.1. The number of hydrogen-bond acceptors (Lipinski definition) is 2. The van der Waals surface area contributed by atoms with Crippen molar-refractivity contribution in [1.82, 2.24) is 0 Å². The number of Topliss-reactive ketones (excluding diaryl/α,β-unsaturated/α-hetero) is 1. The van der Waals surface area contributed by atoms with E-state index in [9.17, 15) is 9.59 Å². The topological polar surface area (TPSA) is 46.2 Å². The molecule has 1 unspecified atom stereocenters. The number of ketones is 1. The van der Waals surface area contributed by atoms with Crippen molar-refractivity contribution in [3.63, 3.8) is 0 Å². The summed E-state index contributed by atoms with van der Waals surface area (Å²) in [6.45, 7) is 0. The van der Waals surface area contributed by atoms with Crippen LogP contribution in [0.2, 0.25) is 0 Å². The minimum atomic E-state index is 0.0292. The van der Waals surface area contributed by atoms with Crippen LogP contribution in [0.5, 0.6) is 0 Å². The van der Waals surface area contributed by atoms with Crippen LogP contribution in [0, 0.1) is 5.92 Å². The third kappa shape index (κ3) is 2.13. The number of rotatable bonds is 2. The Bertz CT molecular complexity index is 765. The first-order valence-electron chi connectivity index (χ1n) is 7.75. The van der Waals surface area contributed by atoms with Gasteiger partial charge in [-0.15, -0.1) is 0 Å². The van der Waals surface area contributed by atoms with E-state index < -0.39 is 0 Å². The summed E-state index contributed by atoms with van der Waals surface area (Å²) in [5.41, 5.74) is 5.08. The molecule has 3 nitrogen and oxygen atoms in total. The van der Waals surface area contributed by atoms with Crippen LogP contribution in [0.4, 0.5) is 5.69 Å². The van der Waals surface area contributed by atoms with E-state index in [1.165, 1.54) is 5.56 Å². The first-order valence-corrected chi connectivity index (χ1v) is 7.75. The maximum atomic E-state index is 12.8. The summed E-state index contributed by atoms with van der Waals surface area (Å²) < 4.78 is 0. The van der Waals surface area contributed by atoms with Gasteiger partial charge in [0.05, 0.1) is 0 Å². The molecule has 22 heavy (non-hydrogen) atoms. The number of amides is 1. The molecule has 1 aliphatic heterocycles. The van der Waals surface area contributed by atoms with Crippen LogP contribution in [0.3, 0.4) is 0 Å². The van der Waals surface area contributed by atoms with Crippen molar-refractivity contribution >= 4 is 17.4 Å². The fraction of sp³-hybridized carbons (Fsp3) is 0.263. The molecule has 0 fully saturated rings. The number of fused-ring (bicyclic) bond motifs is 3. The lowest BCUT2D eigenvalue weighted by Gasteiger charge is -2.19. The normalized spacial score (nSPS) is 19.5. The molecule has 1 heterocycles. The smallest absolute Gasteiger partial charge is 0.224 e. The fourth-order valence-corrected chi connectivity index (χ4v) is 3.63. The molecule has 2 aliphatic rings. The van der Waals surface area contributed by atoms with Gasteiger partial charge in [0, 0.05) is 23.6 Å². The van der Waals surface area contributed by atoms with Crippen LogP contribution in [-0.2, 0) is 24.1 Å². The average molecular weight is 291 g/mol. The van der Waals surface area contributed by atoms with Gasteiger partial charge >= 0.3 is 0 Å². The Morgan fingerprint density at radius 1 is 1.00 bits per heavy atom. The Balaban J connectivity index is 1.66. The first kappa shape index (κ1) is 13.3. The second kappa shape index (κ2) is 5.09. The van der Waals surface area contributed by atoms with E-state index in [2.05, 4.69) is 17.4 Å².